The van der Waals surface area contributed by atoms with Crippen LogP contribution in [0.25, 0.3) is 0 Å². The number of carbonyl (C=O) groups is 2. The van der Waals surface area contributed by atoms with Crippen molar-refractivity contribution in [2.45, 2.75) is 38.3 Å². The topological polar surface area (TPSA) is 85.5 Å². The molecule has 0 bridgehead atoms. The van der Waals surface area contributed by atoms with Gasteiger partial charge < -0.3 is 15.4 Å². The van der Waals surface area contributed by atoms with Crippen LogP contribution in [0.5, 0.6) is 5.75 Å². The molecule has 1 aromatic heterocycles. The van der Waals surface area contributed by atoms with Gasteiger partial charge in [0, 0.05) is 31.1 Å². The van der Waals surface area contributed by atoms with E-state index in [0.717, 1.165) is 6.42 Å². The third-order valence-corrected chi connectivity index (χ3v) is 5.62. The van der Waals surface area contributed by atoms with Gasteiger partial charge in [-0.05, 0) is 44.2 Å². The number of rotatable bonds is 5. The number of amides is 2. The smallest absolute Gasteiger partial charge is 0.391 e. The molecule has 2 N–H and O–H groups in total. The molecule has 2 amide bonds. The van der Waals surface area contributed by atoms with E-state index in [4.69, 9.17) is 10.5 Å². The molecule has 154 valence electrons. The van der Waals surface area contributed by atoms with Crippen molar-refractivity contribution in [2.24, 2.45) is 23.5 Å². The molecule has 0 radical (unpaired) electrons. The first-order valence-electron chi connectivity index (χ1n) is 9.48. The van der Waals surface area contributed by atoms with Gasteiger partial charge >= 0.3 is 6.18 Å². The summed E-state index contributed by atoms with van der Waals surface area (Å²) >= 11 is 0. The van der Waals surface area contributed by atoms with Gasteiger partial charge in [0.25, 0.3) is 5.91 Å². The molecule has 6 nitrogen and oxygen atoms in total. The minimum absolute atomic E-state index is 0.0250. The van der Waals surface area contributed by atoms with Crippen molar-refractivity contribution in [1.29, 1.82) is 0 Å². The summed E-state index contributed by atoms with van der Waals surface area (Å²) in [4.78, 5) is 29.7. The first-order valence-corrected chi connectivity index (χ1v) is 9.48. The quantitative estimate of drug-likeness (QED) is 0.825. The fourth-order valence-corrected chi connectivity index (χ4v) is 3.99. The number of aromatic nitrogens is 1. The van der Waals surface area contributed by atoms with Crippen LogP contribution in [0.15, 0.2) is 18.3 Å². The maximum absolute atomic E-state index is 12.8. The standard InChI is InChI=1S/C19H24F3N3O3/c20-19(21,22)14-5-3-13(4-6-14)18(27)25-9-7-12(10-25)11-28-15-2-1-8-24-16(15)17(23)26/h1-2,8,12-14H,3-7,9-11H2,(H2,23,26)/t12?,13-,14-. The zero-order chi connectivity index (χ0) is 20.3. The Labute approximate surface area is 161 Å². The van der Waals surface area contributed by atoms with Crippen molar-refractivity contribution >= 4 is 11.8 Å². The van der Waals surface area contributed by atoms with E-state index in [0.29, 0.717) is 38.3 Å². The van der Waals surface area contributed by atoms with Crippen LogP contribution in [0.4, 0.5) is 13.2 Å². The lowest BCUT2D eigenvalue weighted by molar-refractivity contribution is -0.185. The molecule has 1 aliphatic heterocycles. The summed E-state index contributed by atoms with van der Waals surface area (Å²) in [7, 11) is 0. The second-order valence-electron chi connectivity index (χ2n) is 7.55. The SMILES string of the molecule is NC(=O)c1ncccc1OCC1CCN(C(=O)[C@H]2CC[C@H](C(F)(F)F)CC2)C1. The second-order valence-corrected chi connectivity index (χ2v) is 7.55. The highest BCUT2D eigenvalue weighted by molar-refractivity contribution is 5.93. The normalized spacial score (nSPS) is 25.5. The summed E-state index contributed by atoms with van der Waals surface area (Å²) < 4.78 is 44.0. The summed E-state index contributed by atoms with van der Waals surface area (Å²) in [6.45, 7) is 1.39. The van der Waals surface area contributed by atoms with Crippen molar-refractivity contribution in [3.63, 3.8) is 0 Å². The van der Waals surface area contributed by atoms with Crippen molar-refractivity contribution in [1.82, 2.24) is 9.88 Å². The molecule has 1 saturated carbocycles. The Balaban J connectivity index is 1.48. The number of ether oxygens (including phenoxy) is 1. The molecule has 0 aromatic carbocycles. The zero-order valence-electron chi connectivity index (χ0n) is 15.5. The molecule has 1 atom stereocenters. The number of alkyl halides is 3. The molecule has 9 heteroatoms. The fraction of sp³-hybridized carbons (Fsp3) is 0.632. The Morgan fingerprint density at radius 1 is 1.21 bits per heavy atom. The maximum Gasteiger partial charge on any atom is 0.391 e. The van der Waals surface area contributed by atoms with E-state index in [1.54, 1.807) is 17.0 Å². The number of hydrogen-bond acceptors (Lipinski definition) is 4. The monoisotopic (exact) mass is 399 g/mol. The van der Waals surface area contributed by atoms with Crippen molar-refractivity contribution in [3.05, 3.63) is 24.0 Å². The van der Waals surface area contributed by atoms with Crippen LogP contribution in [-0.2, 0) is 4.79 Å². The van der Waals surface area contributed by atoms with Crippen LogP contribution in [0.3, 0.4) is 0 Å². The lowest BCUT2D eigenvalue weighted by Crippen LogP contribution is -2.38. The highest BCUT2D eigenvalue weighted by Crippen LogP contribution is 2.40. The van der Waals surface area contributed by atoms with Gasteiger partial charge in [-0.2, -0.15) is 13.2 Å². The first kappa shape index (κ1) is 20.4. The van der Waals surface area contributed by atoms with Gasteiger partial charge in [0.15, 0.2) is 11.4 Å². The van der Waals surface area contributed by atoms with E-state index < -0.39 is 18.0 Å². The number of nitrogens with two attached hydrogens (primary N) is 1. The van der Waals surface area contributed by atoms with Crippen LogP contribution in [-0.4, -0.2) is 47.6 Å². The van der Waals surface area contributed by atoms with Crippen LogP contribution >= 0.6 is 0 Å². The van der Waals surface area contributed by atoms with Gasteiger partial charge in [0.1, 0.15) is 0 Å². The Morgan fingerprint density at radius 2 is 1.93 bits per heavy atom. The average Bonchev–Trinajstić information content (AvgIpc) is 3.14. The van der Waals surface area contributed by atoms with E-state index in [-0.39, 0.29) is 36.3 Å². The van der Waals surface area contributed by atoms with Crippen LogP contribution < -0.4 is 10.5 Å². The lowest BCUT2D eigenvalue weighted by atomic mass is 9.81. The molecular weight excluding hydrogens is 375 g/mol. The second kappa shape index (κ2) is 8.36. The number of pyridine rings is 1. The Bertz CT molecular complexity index is 718. The number of hydrogen-bond donors (Lipinski definition) is 1. The number of carbonyl (C=O) groups excluding carboxylic acids is 2. The Hall–Kier alpha value is -2.32. The van der Waals surface area contributed by atoms with E-state index >= 15 is 0 Å². The molecule has 28 heavy (non-hydrogen) atoms. The van der Waals surface area contributed by atoms with Gasteiger partial charge in [-0.15, -0.1) is 0 Å². The largest absolute Gasteiger partial charge is 0.491 e. The van der Waals surface area contributed by atoms with Gasteiger partial charge in [0.05, 0.1) is 12.5 Å². The Morgan fingerprint density at radius 3 is 2.57 bits per heavy atom. The summed E-state index contributed by atoms with van der Waals surface area (Å²) in [5, 5.41) is 0. The highest BCUT2D eigenvalue weighted by atomic mass is 19.4. The molecule has 2 fully saturated rings. The van der Waals surface area contributed by atoms with E-state index in [1.165, 1.54) is 6.20 Å². The number of primary amides is 1. The molecule has 2 aliphatic rings. The molecule has 1 aromatic rings. The van der Waals surface area contributed by atoms with Gasteiger partial charge in [-0.1, -0.05) is 0 Å². The van der Waals surface area contributed by atoms with E-state index in [2.05, 4.69) is 4.98 Å². The van der Waals surface area contributed by atoms with Crippen molar-refractivity contribution in [3.8, 4) is 5.75 Å². The molecule has 1 unspecified atom stereocenters. The molecule has 0 spiro atoms. The minimum Gasteiger partial charge on any atom is -0.491 e. The molecule has 1 saturated heterocycles. The van der Waals surface area contributed by atoms with Crippen molar-refractivity contribution in [2.75, 3.05) is 19.7 Å². The average molecular weight is 399 g/mol. The zero-order valence-corrected chi connectivity index (χ0v) is 15.5. The summed E-state index contributed by atoms with van der Waals surface area (Å²) in [5.74, 6) is -1.93. The predicted octanol–water partition coefficient (Wildman–Crippen LogP) is 2.78. The third-order valence-electron chi connectivity index (χ3n) is 5.62. The summed E-state index contributed by atoms with van der Waals surface area (Å²) in [6.07, 6.45) is -1.34. The first-order chi connectivity index (χ1) is 13.3. The van der Waals surface area contributed by atoms with Crippen LogP contribution in [0, 0.1) is 17.8 Å². The van der Waals surface area contributed by atoms with Crippen molar-refractivity contribution < 1.29 is 27.5 Å². The lowest BCUT2D eigenvalue weighted by Gasteiger charge is -2.31. The molecular formula is C19H24F3N3O3. The van der Waals surface area contributed by atoms with E-state index in [9.17, 15) is 22.8 Å². The number of likely N-dealkylation sites (tertiary alicyclic amines) is 1. The van der Waals surface area contributed by atoms with Gasteiger partial charge in [-0.3, -0.25) is 9.59 Å². The van der Waals surface area contributed by atoms with Gasteiger partial charge in [0.2, 0.25) is 5.91 Å². The summed E-state index contributed by atoms with van der Waals surface area (Å²) in [5.41, 5.74) is 5.34. The minimum atomic E-state index is -4.17. The molecule has 1 aliphatic carbocycles. The predicted molar refractivity (Wildman–Crippen MR) is 94.4 cm³/mol. The summed E-state index contributed by atoms with van der Waals surface area (Å²) in [6, 6.07) is 3.26. The Kier molecular flexibility index (Phi) is 6.10. The third kappa shape index (κ3) is 4.74. The molecule has 3 rings (SSSR count). The highest BCUT2D eigenvalue weighted by Gasteiger charge is 2.43. The van der Waals surface area contributed by atoms with Crippen LogP contribution in [0.1, 0.15) is 42.6 Å². The van der Waals surface area contributed by atoms with Crippen LogP contribution in [0.2, 0.25) is 0 Å². The molecule has 2 heterocycles. The number of nitrogens with zero attached hydrogens (tertiary/aromatic N) is 2. The van der Waals surface area contributed by atoms with E-state index in [1.807, 2.05) is 0 Å². The fourth-order valence-electron chi connectivity index (χ4n) is 3.99. The number of halogens is 3. The van der Waals surface area contributed by atoms with Gasteiger partial charge in [-0.25, -0.2) is 4.98 Å². The maximum atomic E-state index is 12.8.